The van der Waals surface area contributed by atoms with Crippen LogP contribution in [0.1, 0.15) is 49.7 Å². The molecule has 0 bridgehead atoms. The zero-order valence-corrected chi connectivity index (χ0v) is 12.1. The number of hydrogen-bond donors (Lipinski definition) is 2. The first kappa shape index (κ1) is 13.6. The fraction of sp³-hybridized carbons (Fsp3) is 0.588. The highest BCUT2D eigenvalue weighted by atomic mass is 16.1. The Morgan fingerprint density at radius 3 is 2.95 bits per heavy atom. The minimum absolute atomic E-state index is 0.191. The third kappa shape index (κ3) is 3.21. The molecule has 3 rings (SSSR count). The lowest BCUT2D eigenvalue weighted by Crippen LogP contribution is -2.26. The van der Waals surface area contributed by atoms with Crippen LogP contribution in [0.15, 0.2) is 18.2 Å². The highest BCUT2D eigenvalue weighted by Gasteiger charge is 2.19. The molecule has 1 aliphatic carbocycles. The van der Waals surface area contributed by atoms with Gasteiger partial charge in [0.05, 0.1) is 0 Å². The Morgan fingerprint density at radius 2 is 2.10 bits per heavy atom. The van der Waals surface area contributed by atoms with Gasteiger partial charge in [-0.25, -0.2) is 0 Å². The molecule has 1 aromatic rings. The Kier molecular flexibility index (Phi) is 4.36. The first-order chi connectivity index (χ1) is 9.83. The van der Waals surface area contributed by atoms with Crippen LogP contribution in [0.5, 0.6) is 0 Å². The van der Waals surface area contributed by atoms with Crippen LogP contribution >= 0.6 is 0 Å². The molecular formula is C17H24N2O. The van der Waals surface area contributed by atoms with Crippen LogP contribution in [0, 0.1) is 5.92 Å². The van der Waals surface area contributed by atoms with Gasteiger partial charge in [0.2, 0.25) is 5.91 Å². The van der Waals surface area contributed by atoms with Crippen molar-refractivity contribution in [2.75, 3.05) is 11.9 Å². The standard InChI is InChI=1S/C17H24N2O/c20-17(11-13-5-2-1-3-6-13)19-16-8-4-7-14-9-10-18-12-15(14)16/h4,7-8,13,18H,1-3,5-6,9-12H2,(H,19,20). The van der Waals surface area contributed by atoms with Crippen LogP contribution in [0.4, 0.5) is 5.69 Å². The SMILES string of the molecule is O=C(CC1CCCCC1)Nc1cccc2c1CNCC2. The summed E-state index contributed by atoms with van der Waals surface area (Å²) in [6.07, 6.45) is 8.13. The normalized spacial score (nSPS) is 19.4. The summed E-state index contributed by atoms with van der Waals surface area (Å²) in [6.45, 7) is 1.90. The summed E-state index contributed by atoms with van der Waals surface area (Å²) >= 11 is 0. The molecule has 0 atom stereocenters. The first-order valence-electron chi connectivity index (χ1n) is 7.94. The fourth-order valence-electron chi connectivity index (χ4n) is 3.49. The van der Waals surface area contributed by atoms with Crippen molar-refractivity contribution in [1.29, 1.82) is 0 Å². The summed E-state index contributed by atoms with van der Waals surface area (Å²) in [5.41, 5.74) is 3.66. The van der Waals surface area contributed by atoms with Crippen LogP contribution in [-0.4, -0.2) is 12.5 Å². The Labute approximate surface area is 121 Å². The molecule has 0 saturated heterocycles. The smallest absolute Gasteiger partial charge is 0.224 e. The van der Waals surface area contributed by atoms with Gasteiger partial charge in [-0.3, -0.25) is 4.79 Å². The van der Waals surface area contributed by atoms with Gasteiger partial charge < -0.3 is 10.6 Å². The third-order valence-corrected chi connectivity index (χ3v) is 4.62. The molecule has 3 heteroatoms. The van der Waals surface area contributed by atoms with E-state index in [0.717, 1.165) is 25.2 Å². The molecule has 2 aliphatic rings. The van der Waals surface area contributed by atoms with Gasteiger partial charge in [-0.2, -0.15) is 0 Å². The molecule has 0 aromatic heterocycles. The maximum absolute atomic E-state index is 12.2. The lowest BCUT2D eigenvalue weighted by atomic mass is 9.87. The lowest BCUT2D eigenvalue weighted by molar-refractivity contribution is -0.117. The number of nitrogens with one attached hydrogen (secondary N) is 2. The van der Waals surface area contributed by atoms with E-state index in [-0.39, 0.29) is 5.91 Å². The number of amides is 1. The third-order valence-electron chi connectivity index (χ3n) is 4.62. The zero-order valence-electron chi connectivity index (χ0n) is 12.1. The average molecular weight is 272 g/mol. The zero-order chi connectivity index (χ0) is 13.8. The fourth-order valence-corrected chi connectivity index (χ4v) is 3.49. The van der Waals surface area contributed by atoms with E-state index in [9.17, 15) is 4.79 Å². The number of rotatable bonds is 3. The number of carbonyl (C=O) groups is 1. The summed E-state index contributed by atoms with van der Waals surface area (Å²) < 4.78 is 0. The number of benzene rings is 1. The Hall–Kier alpha value is -1.35. The predicted molar refractivity (Wildman–Crippen MR) is 81.7 cm³/mol. The summed E-state index contributed by atoms with van der Waals surface area (Å²) in [7, 11) is 0. The van der Waals surface area contributed by atoms with Crippen LogP contribution in [0.3, 0.4) is 0 Å². The van der Waals surface area contributed by atoms with Crippen molar-refractivity contribution in [2.45, 2.75) is 51.5 Å². The van der Waals surface area contributed by atoms with Crippen LogP contribution in [0.2, 0.25) is 0 Å². The van der Waals surface area contributed by atoms with E-state index in [1.807, 2.05) is 6.07 Å². The molecule has 3 nitrogen and oxygen atoms in total. The molecule has 0 radical (unpaired) electrons. The highest BCUT2D eigenvalue weighted by Crippen LogP contribution is 2.28. The van der Waals surface area contributed by atoms with E-state index in [2.05, 4.69) is 22.8 Å². The van der Waals surface area contributed by atoms with Crippen molar-refractivity contribution < 1.29 is 4.79 Å². The minimum Gasteiger partial charge on any atom is -0.326 e. The van der Waals surface area contributed by atoms with E-state index in [4.69, 9.17) is 0 Å². The molecule has 0 unspecified atom stereocenters. The second kappa shape index (κ2) is 6.40. The van der Waals surface area contributed by atoms with E-state index in [0.29, 0.717) is 12.3 Å². The molecule has 1 heterocycles. The van der Waals surface area contributed by atoms with E-state index >= 15 is 0 Å². The second-order valence-electron chi connectivity index (χ2n) is 6.13. The van der Waals surface area contributed by atoms with Crippen molar-refractivity contribution in [3.63, 3.8) is 0 Å². The molecule has 20 heavy (non-hydrogen) atoms. The molecule has 108 valence electrons. The summed E-state index contributed by atoms with van der Waals surface area (Å²) in [4.78, 5) is 12.2. The topological polar surface area (TPSA) is 41.1 Å². The van der Waals surface area contributed by atoms with Crippen molar-refractivity contribution in [2.24, 2.45) is 5.92 Å². The Morgan fingerprint density at radius 1 is 1.25 bits per heavy atom. The van der Waals surface area contributed by atoms with E-state index < -0.39 is 0 Å². The van der Waals surface area contributed by atoms with Gasteiger partial charge in [-0.1, -0.05) is 31.4 Å². The summed E-state index contributed by atoms with van der Waals surface area (Å²) in [5.74, 6) is 0.789. The van der Waals surface area contributed by atoms with Crippen molar-refractivity contribution in [3.05, 3.63) is 29.3 Å². The van der Waals surface area contributed by atoms with Crippen molar-refractivity contribution >= 4 is 11.6 Å². The molecule has 1 aromatic carbocycles. The monoisotopic (exact) mass is 272 g/mol. The quantitative estimate of drug-likeness (QED) is 0.887. The number of fused-ring (bicyclic) bond motifs is 1. The predicted octanol–water partition coefficient (Wildman–Crippen LogP) is 3.24. The van der Waals surface area contributed by atoms with E-state index in [1.165, 1.54) is 43.2 Å². The van der Waals surface area contributed by atoms with Crippen molar-refractivity contribution in [3.8, 4) is 0 Å². The Bertz CT molecular complexity index is 478. The maximum Gasteiger partial charge on any atom is 0.224 e. The number of hydrogen-bond acceptors (Lipinski definition) is 2. The maximum atomic E-state index is 12.2. The van der Waals surface area contributed by atoms with Gasteiger partial charge in [0, 0.05) is 18.7 Å². The second-order valence-corrected chi connectivity index (χ2v) is 6.13. The molecular weight excluding hydrogens is 248 g/mol. The molecule has 1 aliphatic heterocycles. The van der Waals surface area contributed by atoms with Crippen LogP contribution in [-0.2, 0) is 17.8 Å². The summed E-state index contributed by atoms with van der Waals surface area (Å²) in [6, 6.07) is 6.26. The number of carbonyl (C=O) groups excluding carboxylic acids is 1. The largest absolute Gasteiger partial charge is 0.326 e. The van der Waals surface area contributed by atoms with Gasteiger partial charge in [0.15, 0.2) is 0 Å². The Balaban J connectivity index is 1.63. The summed E-state index contributed by atoms with van der Waals surface area (Å²) in [5, 5.41) is 6.52. The lowest BCUT2D eigenvalue weighted by Gasteiger charge is -2.23. The van der Waals surface area contributed by atoms with Gasteiger partial charge >= 0.3 is 0 Å². The molecule has 1 amide bonds. The van der Waals surface area contributed by atoms with Crippen LogP contribution in [0.25, 0.3) is 0 Å². The average Bonchev–Trinajstić information content (AvgIpc) is 2.48. The first-order valence-corrected chi connectivity index (χ1v) is 7.94. The van der Waals surface area contributed by atoms with Gasteiger partial charge in [-0.15, -0.1) is 0 Å². The highest BCUT2D eigenvalue weighted by molar-refractivity contribution is 5.91. The van der Waals surface area contributed by atoms with Gasteiger partial charge in [-0.05, 0) is 48.9 Å². The molecule has 1 saturated carbocycles. The van der Waals surface area contributed by atoms with Gasteiger partial charge in [0.1, 0.15) is 0 Å². The number of anilines is 1. The molecule has 1 fully saturated rings. The van der Waals surface area contributed by atoms with Gasteiger partial charge in [0.25, 0.3) is 0 Å². The molecule has 0 spiro atoms. The van der Waals surface area contributed by atoms with E-state index in [1.54, 1.807) is 0 Å². The minimum atomic E-state index is 0.191. The van der Waals surface area contributed by atoms with Crippen LogP contribution < -0.4 is 10.6 Å². The molecule has 2 N–H and O–H groups in total. The van der Waals surface area contributed by atoms with Crippen molar-refractivity contribution in [1.82, 2.24) is 5.32 Å².